The van der Waals surface area contributed by atoms with E-state index in [-0.39, 0.29) is 22.2 Å². The molecule has 0 aliphatic carbocycles. The van der Waals surface area contributed by atoms with Crippen LogP contribution in [-0.4, -0.2) is 113 Å². The Hall–Kier alpha value is -3.22. The average Bonchev–Trinajstić information content (AvgIpc) is 3.56. The minimum atomic E-state index is -1.22. The number of hydrogen-bond donors (Lipinski definition) is 3. The van der Waals surface area contributed by atoms with Crippen molar-refractivity contribution < 1.29 is 24.3 Å². The van der Waals surface area contributed by atoms with Gasteiger partial charge in [0.1, 0.15) is 29.9 Å². The summed E-state index contributed by atoms with van der Waals surface area (Å²) in [6.45, 7) is 10.1. The van der Waals surface area contributed by atoms with Gasteiger partial charge in [0.15, 0.2) is 10.8 Å². The molecule has 2 aliphatic rings. The molecule has 2 aromatic heterocycles. The van der Waals surface area contributed by atoms with Crippen LogP contribution in [0.15, 0.2) is 27.0 Å². The van der Waals surface area contributed by atoms with Crippen molar-refractivity contribution in [3.8, 4) is 0 Å². The SMILES string of the molecule is CCN(CC)CC.CO/N=C(\C(=O)N[C@@H]1C(=O)N2C(C(=O)O)=C(CSc3nnnn3C)CS[C@H]12)c1csc(N)n1. The Labute approximate surface area is 243 Å². The van der Waals surface area contributed by atoms with Crippen molar-refractivity contribution in [3.63, 3.8) is 0 Å². The molecule has 0 spiro atoms. The predicted molar refractivity (Wildman–Crippen MR) is 153 cm³/mol. The van der Waals surface area contributed by atoms with Crippen LogP contribution in [0, 0.1) is 0 Å². The van der Waals surface area contributed by atoms with E-state index < -0.39 is 29.2 Å². The Balaban J connectivity index is 0.000000559. The monoisotopic (exact) mass is 612 g/mol. The number of thioether (sulfide) groups is 2. The van der Waals surface area contributed by atoms with Gasteiger partial charge < -0.3 is 25.9 Å². The fraction of sp³-hybridized carbons (Fsp3) is 0.545. The molecule has 18 heteroatoms. The Kier molecular flexibility index (Phi) is 11.3. The van der Waals surface area contributed by atoms with E-state index in [9.17, 15) is 19.5 Å². The van der Waals surface area contributed by atoms with Crippen LogP contribution in [0.4, 0.5) is 5.13 Å². The summed E-state index contributed by atoms with van der Waals surface area (Å²) in [5.74, 6) is -1.77. The van der Waals surface area contributed by atoms with E-state index in [2.05, 4.69) is 56.7 Å². The highest BCUT2D eigenvalue weighted by atomic mass is 32.2. The van der Waals surface area contributed by atoms with E-state index in [1.54, 1.807) is 12.4 Å². The van der Waals surface area contributed by atoms with Crippen LogP contribution in [0.1, 0.15) is 26.5 Å². The molecule has 0 bridgehead atoms. The van der Waals surface area contributed by atoms with Gasteiger partial charge in [-0.2, -0.15) is 0 Å². The Morgan fingerprint density at radius 2 is 2.02 bits per heavy atom. The number of nitrogens with zero attached hydrogens (tertiary/aromatic N) is 8. The van der Waals surface area contributed by atoms with Gasteiger partial charge in [0.25, 0.3) is 11.8 Å². The van der Waals surface area contributed by atoms with E-state index in [0.717, 1.165) is 11.3 Å². The lowest BCUT2D eigenvalue weighted by Crippen LogP contribution is -2.71. The number of rotatable bonds is 11. The topological polar surface area (TPSA) is 194 Å². The summed E-state index contributed by atoms with van der Waals surface area (Å²) in [6, 6.07) is -0.924. The maximum atomic E-state index is 12.9. The van der Waals surface area contributed by atoms with Crippen molar-refractivity contribution in [2.24, 2.45) is 12.2 Å². The molecule has 0 unspecified atom stereocenters. The van der Waals surface area contributed by atoms with Gasteiger partial charge in [0.05, 0.1) is 0 Å². The standard InChI is InChI=1S/C16H17N9O5S3.C6H15N/c1-24-16(20-22-23-24)33-4-6-3-31-13-9(12(27)25(13)10(6)14(28)29)19-11(26)8(21-30-2)7-5-32-15(17)18-7;1-4-7(5-2)6-3/h5,9,13H,3-4H2,1-2H3,(H2,17,18)(H,19,26)(H,28,29);4-6H2,1-3H3/b21-8-;/t9-,13-;/m1./s1. The van der Waals surface area contributed by atoms with Crippen molar-refractivity contribution in [3.05, 3.63) is 22.3 Å². The highest BCUT2D eigenvalue weighted by molar-refractivity contribution is 8.01. The number of tetrazole rings is 1. The Morgan fingerprint density at radius 1 is 1.32 bits per heavy atom. The highest BCUT2D eigenvalue weighted by Gasteiger charge is 2.54. The maximum absolute atomic E-state index is 12.9. The van der Waals surface area contributed by atoms with Crippen molar-refractivity contribution in [1.29, 1.82) is 0 Å². The zero-order valence-electron chi connectivity index (χ0n) is 22.7. The number of carboxylic acid groups (broad SMARTS) is 1. The Morgan fingerprint density at radius 3 is 2.52 bits per heavy atom. The molecular weight excluding hydrogens is 581 g/mol. The number of carbonyl (C=O) groups excluding carboxylic acids is 2. The van der Waals surface area contributed by atoms with Crippen molar-refractivity contribution in [2.75, 3.05) is 44.0 Å². The average molecular weight is 613 g/mol. The predicted octanol–water partition coefficient (Wildman–Crippen LogP) is 0.478. The number of aromatic nitrogens is 5. The molecule has 1 saturated heterocycles. The fourth-order valence-electron chi connectivity index (χ4n) is 3.86. The molecule has 4 N–H and O–H groups in total. The molecule has 2 amide bonds. The number of fused-ring (bicyclic) bond motifs is 1. The first-order valence-electron chi connectivity index (χ1n) is 12.3. The van der Waals surface area contributed by atoms with Crippen LogP contribution in [0.5, 0.6) is 0 Å². The third kappa shape index (κ3) is 7.10. The largest absolute Gasteiger partial charge is 0.477 e. The lowest BCUT2D eigenvalue weighted by molar-refractivity contribution is -0.150. The molecule has 0 radical (unpaired) electrons. The second-order valence-electron chi connectivity index (χ2n) is 8.30. The van der Waals surface area contributed by atoms with Crippen LogP contribution < -0.4 is 11.1 Å². The third-order valence-corrected chi connectivity index (χ3v) is 9.11. The van der Waals surface area contributed by atoms with Gasteiger partial charge >= 0.3 is 5.97 Å². The summed E-state index contributed by atoms with van der Waals surface area (Å²) in [4.78, 5) is 49.9. The third-order valence-electron chi connectivity index (χ3n) is 6.00. The van der Waals surface area contributed by atoms with Gasteiger partial charge in [-0.1, -0.05) is 37.7 Å². The van der Waals surface area contributed by atoms with Gasteiger partial charge in [0.2, 0.25) is 5.16 Å². The molecule has 0 saturated carbocycles. The van der Waals surface area contributed by atoms with Gasteiger partial charge in [-0.25, -0.2) is 14.5 Å². The zero-order valence-corrected chi connectivity index (χ0v) is 25.2. The second kappa shape index (κ2) is 14.4. The summed E-state index contributed by atoms with van der Waals surface area (Å²) in [5.41, 5.74) is 6.17. The minimum absolute atomic E-state index is 0.0880. The van der Waals surface area contributed by atoms with Crippen LogP contribution in [-0.2, 0) is 26.3 Å². The van der Waals surface area contributed by atoms with E-state index in [4.69, 9.17) is 10.6 Å². The molecule has 4 heterocycles. The lowest BCUT2D eigenvalue weighted by Gasteiger charge is -2.49. The van der Waals surface area contributed by atoms with Crippen molar-refractivity contribution in [1.82, 2.24) is 40.3 Å². The number of amides is 2. The molecule has 40 heavy (non-hydrogen) atoms. The molecule has 2 atom stereocenters. The number of hydrogen-bond acceptors (Lipinski definition) is 14. The minimum Gasteiger partial charge on any atom is -0.477 e. The molecule has 4 rings (SSSR count). The molecular formula is C22H32N10O5S3. The lowest BCUT2D eigenvalue weighted by atomic mass is 10.0. The second-order valence-corrected chi connectivity index (χ2v) is 11.2. The normalized spacial score (nSPS) is 18.6. The highest BCUT2D eigenvalue weighted by Crippen LogP contribution is 2.41. The number of β-lactam (4-membered cyclic amide) rings is 1. The fourth-order valence-corrected chi connectivity index (χ4v) is 6.74. The van der Waals surface area contributed by atoms with Gasteiger partial charge in [-0.15, -0.1) is 28.2 Å². The summed E-state index contributed by atoms with van der Waals surface area (Å²) in [5, 5.41) is 29.0. The number of nitrogen functional groups attached to an aromatic ring is 1. The van der Waals surface area contributed by atoms with Crippen molar-refractivity contribution >= 4 is 63.5 Å². The first kappa shape index (κ1) is 31.3. The Bertz CT molecular complexity index is 1270. The van der Waals surface area contributed by atoms with Crippen LogP contribution in [0.25, 0.3) is 0 Å². The number of thiazole rings is 1. The van der Waals surface area contributed by atoms with Crippen molar-refractivity contribution in [2.45, 2.75) is 37.3 Å². The molecule has 15 nitrogen and oxygen atoms in total. The number of anilines is 1. The number of nitrogens with one attached hydrogen (secondary N) is 1. The quantitative estimate of drug-likeness (QED) is 0.137. The summed E-state index contributed by atoms with van der Waals surface area (Å²) < 4.78 is 1.47. The maximum Gasteiger partial charge on any atom is 0.352 e. The van der Waals surface area contributed by atoms with Gasteiger partial charge in [-0.05, 0) is 35.6 Å². The van der Waals surface area contributed by atoms with Gasteiger partial charge in [-0.3, -0.25) is 14.5 Å². The number of nitrogens with two attached hydrogens (primary N) is 1. The summed E-state index contributed by atoms with van der Waals surface area (Å²) >= 11 is 3.75. The zero-order chi connectivity index (χ0) is 29.4. The van der Waals surface area contributed by atoms with E-state index in [0.29, 0.717) is 22.2 Å². The van der Waals surface area contributed by atoms with Gasteiger partial charge in [0, 0.05) is 23.9 Å². The first-order chi connectivity index (χ1) is 19.2. The number of carboxylic acids is 1. The number of carbonyl (C=O) groups is 3. The summed E-state index contributed by atoms with van der Waals surface area (Å²) in [7, 11) is 2.95. The summed E-state index contributed by atoms with van der Waals surface area (Å²) in [6.07, 6.45) is 0. The molecule has 1 fully saturated rings. The van der Waals surface area contributed by atoms with Crippen LogP contribution in [0.3, 0.4) is 0 Å². The van der Waals surface area contributed by atoms with Crippen LogP contribution in [0.2, 0.25) is 0 Å². The van der Waals surface area contributed by atoms with E-state index >= 15 is 0 Å². The van der Waals surface area contributed by atoms with Crippen LogP contribution >= 0.6 is 34.9 Å². The number of aliphatic carboxylic acids is 1. The molecule has 2 aromatic rings. The van der Waals surface area contributed by atoms with E-state index in [1.165, 1.54) is 59.8 Å². The smallest absolute Gasteiger partial charge is 0.352 e. The number of aryl methyl sites for hydroxylation is 1. The first-order valence-corrected chi connectivity index (χ1v) is 15.2. The molecule has 2 aliphatic heterocycles. The number of oxime groups is 1. The van der Waals surface area contributed by atoms with E-state index in [1.807, 2.05) is 0 Å². The molecule has 218 valence electrons. The molecule has 0 aromatic carbocycles.